The van der Waals surface area contributed by atoms with Crippen LogP contribution in [0.5, 0.6) is 5.88 Å². The van der Waals surface area contributed by atoms with E-state index in [4.69, 9.17) is 10.5 Å². The van der Waals surface area contributed by atoms with Crippen molar-refractivity contribution in [2.75, 3.05) is 12.4 Å². The Labute approximate surface area is 161 Å². The van der Waals surface area contributed by atoms with Crippen molar-refractivity contribution in [1.29, 1.82) is 5.26 Å². The van der Waals surface area contributed by atoms with Crippen molar-refractivity contribution in [1.82, 2.24) is 9.97 Å². The van der Waals surface area contributed by atoms with Crippen molar-refractivity contribution in [2.24, 2.45) is 16.1 Å². The molecule has 1 aromatic carbocycles. The molecule has 1 unspecified atom stereocenters. The number of rotatable bonds is 4. The molecule has 2 atom stereocenters. The maximum absolute atomic E-state index is 14.4. The molecule has 3 rings (SSSR count). The zero-order chi connectivity index (χ0) is 20.3. The lowest BCUT2D eigenvalue weighted by atomic mass is 9.80. The minimum absolute atomic E-state index is 0.0939. The van der Waals surface area contributed by atoms with E-state index in [-0.39, 0.29) is 17.4 Å². The largest absolute Gasteiger partial charge is 0.480 e. The molecule has 1 aliphatic rings. The number of halogens is 1. The number of methoxy groups -OCH3 is 1. The van der Waals surface area contributed by atoms with Gasteiger partial charge in [0.1, 0.15) is 22.8 Å². The minimum Gasteiger partial charge on any atom is -0.480 e. The van der Waals surface area contributed by atoms with Gasteiger partial charge in [-0.3, -0.25) is 9.79 Å². The fourth-order valence-corrected chi connectivity index (χ4v) is 2.88. The van der Waals surface area contributed by atoms with Crippen LogP contribution in [0.4, 0.5) is 10.1 Å². The van der Waals surface area contributed by atoms with Crippen molar-refractivity contribution in [3.63, 3.8) is 0 Å². The Kier molecular flexibility index (Phi) is 5.22. The first kappa shape index (κ1) is 19.2. The molecule has 8 nitrogen and oxygen atoms in total. The van der Waals surface area contributed by atoms with Crippen LogP contribution in [-0.4, -0.2) is 28.8 Å². The van der Waals surface area contributed by atoms with E-state index in [1.54, 1.807) is 6.92 Å². The molecular formula is C19H19FN6O2. The Balaban J connectivity index is 1.82. The Morgan fingerprint density at radius 1 is 1.43 bits per heavy atom. The molecule has 0 aliphatic carbocycles. The molecule has 0 fully saturated rings. The van der Waals surface area contributed by atoms with Gasteiger partial charge < -0.3 is 15.8 Å². The van der Waals surface area contributed by atoms with Gasteiger partial charge in [0.2, 0.25) is 5.88 Å². The molecule has 2 aromatic rings. The number of benzene rings is 1. The van der Waals surface area contributed by atoms with Crippen molar-refractivity contribution in [3.05, 3.63) is 47.7 Å². The molecule has 0 saturated heterocycles. The van der Waals surface area contributed by atoms with Gasteiger partial charge in [-0.15, -0.1) is 0 Å². The van der Waals surface area contributed by atoms with Crippen molar-refractivity contribution in [3.8, 4) is 11.9 Å². The number of carbonyl (C=O) groups excluding carboxylic acids is 1. The van der Waals surface area contributed by atoms with Crippen molar-refractivity contribution >= 4 is 17.4 Å². The predicted octanol–water partition coefficient (Wildman–Crippen LogP) is 2.60. The zero-order valence-corrected chi connectivity index (χ0v) is 15.4. The predicted molar refractivity (Wildman–Crippen MR) is 100 cm³/mol. The molecule has 144 valence electrons. The fraction of sp³-hybridized carbons (Fsp3) is 0.316. The van der Waals surface area contributed by atoms with Gasteiger partial charge in [0.05, 0.1) is 31.6 Å². The lowest BCUT2D eigenvalue weighted by Crippen LogP contribution is -2.37. The summed E-state index contributed by atoms with van der Waals surface area (Å²) in [6.45, 7) is 1.71. The first-order valence-corrected chi connectivity index (χ1v) is 8.58. The summed E-state index contributed by atoms with van der Waals surface area (Å²) in [5, 5.41) is 11.9. The van der Waals surface area contributed by atoms with Gasteiger partial charge in [-0.2, -0.15) is 5.26 Å². The van der Waals surface area contributed by atoms with Gasteiger partial charge in [0, 0.05) is 11.3 Å². The van der Waals surface area contributed by atoms with E-state index < -0.39 is 23.2 Å². The Bertz CT molecular complexity index is 969. The van der Waals surface area contributed by atoms with Crippen molar-refractivity contribution in [2.45, 2.75) is 25.8 Å². The van der Waals surface area contributed by atoms with E-state index in [2.05, 4.69) is 26.3 Å². The second-order valence-corrected chi connectivity index (χ2v) is 6.65. The van der Waals surface area contributed by atoms with Crippen LogP contribution in [-0.2, 0) is 0 Å². The smallest absolute Gasteiger partial charge is 0.275 e. The van der Waals surface area contributed by atoms with E-state index in [1.165, 1.54) is 37.7 Å². The lowest BCUT2D eigenvalue weighted by Gasteiger charge is -2.29. The first-order valence-electron chi connectivity index (χ1n) is 8.58. The fourth-order valence-electron chi connectivity index (χ4n) is 2.88. The molecule has 1 aromatic heterocycles. The Morgan fingerprint density at radius 3 is 2.82 bits per heavy atom. The third-order valence-electron chi connectivity index (χ3n) is 4.71. The molecule has 1 aliphatic heterocycles. The number of amides is 1. The van der Waals surface area contributed by atoms with Crippen LogP contribution in [0.2, 0.25) is 0 Å². The Morgan fingerprint density at radius 2 is 2.21 bits per heavy atom. The topological polar surface area (TPSA) is 126 Å². The summed E-state index contributed by atoms with van der Waals surface area (Å²) in [5.74, 6) is -0.466. The van der Waals surface area contributed by atoms with Gasteiger partial charge in [-0.1, -0.05) is 0 Å². The second kappa shape index (κ2) is 7.60. The van der Waals surface area contributed by atoms with E-state index in [9.17, 15) is 14.4 Å². The van der Waals surface area contributed by atoms with E-state index >= 15 is 0 Å². The Hall–Kier alpha value is -3.54. The minimum atomic E-state index is -0.841. The van der Waals surface area contributed by atoms with Crippen LogP contribution in [0, 0.1) is 22.6 Å². The van der Waals surface area contributed by atoms with E-state index in [0.29, 0.717) is 24.1 Å². The molecule has 0 bridgehead atoms. The average Bonchev–Trinajstić information content (AvgIpc) is 2.71. The van der Waals surface area contributed by atoms with Gasteiger partial charge in [0.15, 0.2) is 0 Å². The number of hydrogen-bond donors (Lipinski definition) is 2. The lowest BCUT2D eigenvalue weighted by molar-refractivity contribution is 0.102. The summed E-state index contributed by atoms with van der Waals surface area (Å²) in [7, 11) is 1.45. The molecular weight excluding hydrogens is 363 g/mol. The second-order valence-electron chi connectivity index (χ2n) is 6.65. The van der Waals surface area contributed by atoms with E-state index in [0.717, 1.165) is 0 Å². The van der Waals surface area contributed by atoms with Crippen LogP contribution in [0.1, 0.15) is 41.9 Å². The van der Waals surface area contributed by atoms with Crippen LogP contribution >= 0.6 is 0 Å². The summed E-state index contributed by atoms with van der Waals surface area (Å²) < 4.78 is 19.3. The summed E-state index contributed by atoms with van der Waals surface area (Å²) in [4.78, 5) is 24.5. The van der Waals surface area contributed by atoms with Gasteiger partial charge in [0.25, 0.3) is 5.91 Å². The number of amidine groups is 1. The summed E-state index contributed by atoms with van der Waals surface area (Å²) in [6.07, 6.45) is 3.56. The van der Waals surface area contributed by atoms with Crippen LogP contribution < -0.4 is 15.8 Å². The molecule has 2 heterocycles. The normalized spacial score (nSPS) is 21.4. The summed E-state index contributed by atoms with van der Waals surface area (Å²) >= 11 is 0. The number of aromatic nitrogens is 2. The number of ether oxygens (including phenoxy) is 1. The number of nitriles is 1. The van der Waals surface area contributed by atoms with Crippen LogP contribution in [0.15, 0.2) is 35.6 Å². The number of nitrogens with one attached hydrogen (secondary N) is 1. The highest BCUT2D eigenvalue weighted by Gasteiger charge is 2.35. The van der Waals surface area contributed by atoms with Crippen LogP contribution in [0.25, 0.3) is 0 Å². The first-order chi connectivity index (χ1) is 13.4. The number of aliphatic imine (C=N–C) groups is 1. The molecule has 9 heteroatoms. The summed E-state index contributed by atoms with van der Waals surface area (Å²) in [6, 6.07) is 5.86. The molecule has 0 spiro atoms. The van der Waals surface area contributed by atoms with Gasteiger partial charge >= 0.3 is 0 Å². The molecule has 0 radical (unpaired) electrons. The third-order valence-corrected chi connectivity index (χ3v) is 4.71. The van der Waals surface area contributed by atoms with Gasteiger partial charge in [-0.25, -0.2) is 14.4 Å². The van der Waals surface area contributed by atoms with E-state index in [1.807, 2.05) is 0 Å². The maximum atomic E-state index is 14.4. The van der Waals surface area contributed by atoms with Crippen molar-refractivity contribution < 1.29 is 13.9 Å². The number of nitrogens with two attached hydrogens (primary N) is 1. The SMILES string of the molecule is COc1cnc(C(=O)Nc2ccc(F)c(C3CC[C@](C)(C#N)C(N)=N3)c2)cn1. The number of nitrogens with zero attached hydrogens (tertiary/aromatic N) is 4. The standard InChI is InChI=1S/C19H19FN6O2/c1-19(10-21)6-5-14(26-18(19)22)12-7-11(3-4-13(12)20)25-17(27)15-8-24-16(28-2)9-23-15/h3-4,7-9,14H,5-6H2,1-2H3,(H2,22,26)(H,25,27)/t14?,19-/m1/s1. The average molecular weight is 382 g/mol. The highest BCUT2D eigenvalue weighted by atomic mass is 19.1. The zero-order valence-electron chi connectivity index (χ0n) is 15.4. The third kappa shape index (κ3) is 3.76. The molecule has 28 heavy (non-hydrogen) atoms. The number of anilines is 1. The highest BCUT2D eigenvalue weighted by molar-refractivity contribution is 6.02. The monoisotopic (exact) mass is 382 g/mol. The molecule has 3 N–H and O–H groups in total. The molecule has 1 amide bonds. The quantitative estimate of drug-likeness (QED) is 0.837. The molecule has 0 saturated carbocycles. The number of hydrogen-bond acceptors (Lipinski definition) is 7. The highest BCUT2D eigenvalue weighted by Crippen LogP contribution is 2.37. The van der Waals surface area contributed by atoms with Gasteiger partial charge in [-0.05, 0) is 38.0 Å². The maximum Gasteiger partial charge on any atom is 0.275 e. The van der Waals surface area contributed by atoms with Crippen LogP contribution in [0.3, 0.4) is 0 Å². The summed E-state index contributed by atoms with van der Waals surface area (Å²) in [5.41, 5.74) is 5.88. The number of carbonyl (C=O) groups is 1.